The molecule has 0 spiro atoms. The molecular weight excluding hydrogens is 389 g/mol. The average molecular weight is 414 g/mol. The molecule has 0 bridgehead atoms. The highest BCUT2D eigenvalue weighted by molar-refractivity contribution is 7.89. The molecule has 0 radical (unpaired) electrons. The molecule has 0 saturated heterocycles. The van der Waals surface area contributed by atoms with Crippen LogP contribution in [0.2, 0.25) is 0 Å². The van der Waals surface area contributed by atoms with Gasteiger partial charge in [0.15, 0.2) is 0 Å². The zero-order valence-electron chi connectivity index (χ0n) is 15.8. The van der Waals surface area contributed by atoms with Crippen LogP contribution in [0.3, 0.4) is 0 Å². The Labute approximate surface area is 164 Å². The van der Waals surface area contributed by atoms with Crippen LogP contribution in [0, 0.1) is 0 Å². The van der Waals surface area contributed by atoms with Crippen molar-refractivity contribution >= 4 is 10.0 Å². The number of benzene rings is 1. The normalized spacial score (nSPS) is 12.3. The van der Waals surface area contributed by atoms with Crippen LogP contribution in [0.1, 0.15) is 56.6 Å². The summed E-state index contributed by atoms with van der Waals surface area (Å²) in [7, 11) is -4.17. The molecule has 0 aliphatic carbocycles. The van der Waals surface area contributed by atoms with E-state index in [2.05, 4.69) is 11.9 Å². The van der Waals surface area contributed by atoms with E-state index in [1.807, 2.05) is 0 Å². The number of hydrogen-bond acceptors (Lipinski definition) is 3. The van der Waals surface area contributed by atoms with Gasteiger partial charge in [-0.2, -0.15) is 13.2 Å². The Morgan fingerprint density at radius 2 is 1.71 bits per heavy atom. The minimum absolute atomic E-state index is 0.112. The largest absolute Gasteiger partial charge is 0.417 e. The van der Waals surface area contributed by atoms with Crippen LogP contribution in [0.4, 0.5) is 13.2 Å². The molecule has 1 heterocycles. The minimum Gasteiger partial charge on any atom is -0.264 e. The Morgan fingerprint density at radius 1 is 1.04 bits per heavy atom. The lowest BCUT2D eigenvalue weighted by atomic mass is 9.91. The molecule has 8 heteroatoms. The van der Waals surface area contributed by atoms with Gasteiger partial charge in [0, 0.05) is 18.0 Å². The summed E-state index contributed by atoms with van der Waals surface area (Å²) >= 11 is 0. The van der Waals surface area contributed by atoms with Crippen molar-refractivity contribution in [2.75, 3.05) is 0 Å². The molecule has 0 amide bonds. The third-order valence-corrected chi connectivity index (χ3v) is 5.61. The summed E-state index contributed by atoms with van der Waals surface area (Å²) in [5.74, 6) is 0. The molecule has 2 aromatic rings. The number of aromatic nitrogens is 1. The maximum Gasteiger partial charge on any atom is 0.417 e. The standard InChI is InChI=1S/C20H25F3N2O2S/c1-2-3-4-5-6-7-10-16-18(28(24,26)27)12-11-17(20(21,22)23)19(16)15-9-8-13-25-14-15/h8-9,11-14H,2-7,10H2,1H3,(H2,24,26,27). The van der Waals surface area contributed by atoms with Gasteiger partial charge in [0.05, 0.1) is 10.5 Å². The third kappa shape index (κ3) is 5.78. The van der Waals surface area contributed by atoms with E-state index < -0.39 is 21.8 Å². The van der Waals surface area contributed by atoms with Crippen LogP contribution in [0.5, 0.6) is 0 Å². The van der Waals surface area contributed by atoms with E-state index >= 15 is 0 Å². The van der Waals surface area contributed by atoms with Gasteiger partial charge in [-0.15, -0.1) is 0 Å². The van der Waals surface area contributed by atoms with Gasteiger partial charge in [-0.25, -0.2) is 13.6 Å². The Hall–Kier alpha value is -1.93. The maximum atomic E-state index is 13.7. The predicted octanol–water partition coefficient (Wildman–Crippen LogP) is 5.32. The number of sulfonamides is 1. The zero-order valence-corrected chi connectivity index (χ0v) is 16.6. The second kappa shape index (κ2) is 9.52. The molecule has 1 aromatic carbocycles. The van der Waals surface area contributed by atoms with Gasteiger partial charge in [-0.3, -0.25) is 4.98 Å². The number of halogens is 3. The van der Waals surface area contributed by atoms with Crippen molar-refractivity contribution in [2.24, 2.45) is 5.14 Å². The molecule has 0 atom stereocenters. The number of primary sulfonamides is 1. The first-order valence-electron chi connectivity index (χ1n) is 9.32. The van der Waals surface area contributed by atoms with Gasteiger partial charge >= 0.3 is 6.18 Å². The Kier molecular flexibility index (Phi) is 7.60. The van der Waals surface area contributed by atoms with Crippen LogP contribution in [0.25, 0.3) is 11.1 Å². The monoisotopic (exact) mass is 414 g/mol. The highest BCUT2D eigenvalue weighted by Gasteiger charge is 2.36. The van der Waals surface area contributed by atoms with Crippen molar-refractivity contribution in [1.29, 1.82) is 0 Å². The molecule has 0 saturated carbocycles. The molecule has 1 aromatic heterocycles. The van der Waals surface area contributed by atoms with Crippen molar-refractivity contribution in [3.8, 4) is 11.1 Å². The first-order chi connectivity index (χ1) is 13.2. The van der Waals surface area contributed by atoms with E-state index in [-0.39, 0.29) is 28.0 Å². The van der Waals surface area contributed by atoms with Gasteiger partial charge in [0.1, 0.15) is 0 Å². The van der Waals surface area contributed by atoms with E-state index in [1.54, 1.807) is 0 Å². The molecule has 28 heavy (non-hydrogen) atoms. The second-order valence-corrected chi connectivity index (χ2v) is 8.30. The number of unbranched alkanes of at least 4 members (excludes halogenated alkanes) is 5. The third-order valence-electron chi connectivity index (χ3n) is 4.61. The summed E-state index contributed by atoms with van der Waals surface area (Å²) in [5.41, 5.74) is -0.698. The van der Waals surface area contributed by atoms with Crippen LogP contribution in [-0.4, -0.2) is 13.4 Å². The van der Waals surface area contributed by atoms with Crippen molar-refractivity contribution < 1.29 is 21.6 Å². The van der Waals surface area contributed by atoms with Gasteiger partial charge in [0.25, 0.3) is 0 Å². The maximum absolute atomic E-state index is 13.7. The van der Waals surface area contributed by atoms with Gasteiger partial charge in [0.2, 0.25) is 10.0 Å². The van der Waals surface area contributed by atoms with Crippen molar-refractivity contribution in [2.45, 2.75) is 62.9 Å². The highest BCUT2D eigenvalue weighted by atomic mass is 32.2. The van der Waals surface area contributed by atoms with Crippen LogP contribution >= 0.6 is 0 Å². The smallest absolute Gasteiger partial charge is 0.264 e. The SMILES string of the molecule is CCCCCCCCc1c(S(N)(=O)=O)ccc(C(F)(F)F)c1-c1cccnc1. The molecular formula is C20H25F3N2O2S. The summed E-state index contributed by atoms with van der Waals surface area (Å²) in [6, 6.07) is 4.76. The van der Waals surface area contributed by atoms with Gasteiger partial charge in [-0.1, -0.05) is 45.1 Å². The number of nitrogens with two attached hydrogens (primary N) is 1. The van der Waals surface area contributed by atoms with E-state index in [4.69, 9.17) is 5.14 Å². The summed E-state index contributed by atoms with van der Waals surface area (Å²) < 4.78 is 65.1. The number of hydrogen-bond donors (Lipinski definition) is 1. The first kappa shape index (κ1) is 22.4. The fourth-order valence-electron chi connectivity index (χ4n) is 3.30. The van der Waals surface area contributed by atoms with Gasteiger partial charge < -0.3 is 0 Å². The van der Waals surface area contributed by atoms with E-state index in [1.165, 1.54) is 24.5 Å². The molecule has 0 fully saturated rings. The van der Waals surface area contributed by atoms with E-state index in [9.17, 15) is 21.6 Å². The minimum atomic E-state index is -4.63. The second-order valence-electron chi connectivity index (χ2n) is 6.77. The molecule has 0 unspecified atom stereocenters. The highest BCUT2D eigenvalue weighted by Crippen LogP contribution is 2.41. The Morgan fingerprint density at radius 3 is 2.29 bits per heavy atom. The Balaban J connectivity index is 2.53. The van der Waals surface area contributed by atoms with Crippen LogP contribution in [-0.2, 0) is 22.6 Å². The van der Waals surface area contributed by atoms with E-state index in [0.717, 1.165) is 44.2 Å². The molecule has 154 valence electrons. The van der Waals surface area contributed by atoms with Crippen molar-refractivity contribution in [1.82, 2.24) is 4.98 Å². The first-order valence-corrected chi connectivity index (χ1v) is 10.9. The lowest BCUT2D eigenvalue weighted by Crippen LogP contribution is -2.18. The summed E-state index contributed by atoms with van der Waals surface area (Å²) in [6.07, 6.45) is 3.94. The van der Waals surface area contributed by atoms with Crippen molar-refractivity contribution in [3.63, 3.8) is 0 Å². The lowest BCUT2D eigenvalue weighted by Gasteiger charge is -2.20. The number of rotatable bonds is 9. The number of nitrogens with zero attached hydrogens (tertiary/aromatic N) is 1. The quantitative estimate of drug-likeness (QED) is 0.565. The summed E-state index contributed by atoms with van der Waals surface area (Å²) in [5, 5.41) is 5.31. The number of alkyl halides is 3. The van der Waals surface area contributed by atoms with Crippen LogP contribution in [0.15, 0.2) is 41.6 Å². The fraction of sp³-hybridized carbons (Fsp3) is 0.450. The topological polar surface area (TPSA) is 73.1 Å². The predicted molar refractivity (Wildman–Crippen MR) is 103 cm³/mol. The molecule has 2 rings (SSSR count). The molecule has 4 nitrogen and oxygen atoms in total. The average Bonchev–Trinajstić information content (AvgIpc) is 2.63. The molecule has 0 aliphatic rings. The van der Waals surface area contributed by atoms with Crippen LogP contribution < -0.4 is 5.14 Å². The summed E-state index contributed by atoms with van der Waals surface area (Å²) in [6.45, 7) is 2.10. The zero-order chi connectivity index (χ0) is 20.8. The van der Waals surface area contributed by atoms with E-state index in [0.29, 0.717) is 6.42 Å². The summed E-state index contributed by atoms with van der Waals surface area (Å²) in [4.78, 5) is 3.64. The van der Waals surface area contributed by atoms with Crippen molar-refractivity contribution in [3.05, 3.63) is 47.8 Å². The lowest BCUT2D eigenvalue weighted by molar-refractivity contribution is -0.137. The molecule has 2 N–H and O–H groups in total. The number of pyridine rings is 1. The fourth-order valence-corrected chi connectivity index (χ4v) is 4.11. The Bertz CT molecular complexity index is 882. The molecule has 0 aliphatic heterocycles. The van der Waals surface area contributed by atoms with Gasteiger partial charge in [-0.05, 0) is 42.2 Å².